The van der Waals surface area contributed by atoms with Crippen LogP contribution in [0.4, 0.5) is 16.3 Å². The Balaban J connectivity index is 1.70. The molecule has 0 saturated carbocycles. The standard InChI is InChI=1S/C18H15N5O4/c19-23-17(24)12-6-10-7-14-15(27-9-26-14)8-13(10)21-16(12)22-18(25)20-11-4-2-1-3-5-11/h1-8H,9,19H2,(H,23,24)(H2,20,21,22,25). The molecule has 1 aliphatic heterocycles. The molecule has 0 aliphatic carbocycles. The molecule has 136 valence electrons. The Kier molecular flexibility index (Phi) is 4.19. The largest absolute Gasteiger partial charge is 0.454 e. The predicted molar refractivity (Wildman–Crippen MR) is 98.6 cm³/mol. The Morgan fingerprint density at radius 3 is 2.48 bits per heavy atom. The molecule has 9 heteroatoms. The molecule has 1 aliphatic rings. The summed E-state index contributed by atoms with van der Waals surface area (Å²) in [7, 11) is 0. The third-order valence-corrected chi connectivity index (χ3v) is 3.95. The summed E-state index contributed by atoms with van der Waals surface area (Å²) in [6, 6.07) is 13.3. The van der Waals surface area contributed by atoms with Crippen LogP contribution in [0, 0.1) is 0 Å². The van der Waals surface area contributed by atoms with E-state index in [4.69, 9.17) is 15.3 Å². The Morgan fingerprint density at radius 2 is 1.74 bits per heavy atom. The van der Waals surface area contributed by atoms with Crippen molar-refractivity contribution in [1.82, 2.24) is 10.4 Å². The lowest BCUT2D eigenvalue weighted by Crippen LogP contribution is -2.31. The van der Waals surface area contributed by atoms with Gasteiger partial charge in [0.25, 0.3) is 5.91 Å². The molecular formula is C18H15N5O4. The number of nitrogens with zero attached hydrogens (tertiary/aromatic N) is 1. The van der Waals surface area contributed by atoms with Crippen molar-refractivity contribution in [2.45, 2.75) is 0 Å². The highest BCUT2D eigenvalue weighted by Gasteiger charge is 2.20. The summed E-state index contributed by atoms with van der Waals surface area (Å²) in [6.45, 7) is 0.117. The maximum Gasteiger partial charge on any atom is 0.324 e. The molecule has 2 heterocycles. The molecule has 0 saturated heterocycles. The number of aromatic nitrogens is 1. The molecule has 3 aromatic rings. The molecule has 3 amide bonds. The average Bonchev–Trinajstić information content (AvgIpc) is 3.13. The number of urea groups is 1. The minimum atomic E-state index is -0.586. The number of fused-ring (bicyclic) bond motifs is 2. The molecule has 0 bridgehead atoms. The van der Waals surface area contributed by atoms with Crippen molar-refractivity contribution in [3.63, 3.8) is 0 Å². The number of rotatable bonds is 3. The SMILES string of the molecule is NNC(=O)c1cc2cc3c(cc2nc1NC(=O)Nc1ccccc1)OCO3. The number of nitrogen functional groups attached to an aromatic ring is 1. The maximum absolute atomic E-state index is 12.3. The predicted octanol–water partition coefficient (Wildman–Crippen LogP) is 2.21. The number of hydrazine groups is 1. The summed E-state index contributed by atoms with van der Waals surface area (Å²) in [5.41, 5.74) is 3.30. The van der Waals surface area contributed by atoms with E-state index >= 15 is 0 Å². The second-order valence-electron chi connectivity index (χ2n) is 5.70. The highest BCUT2D eigenvalue weighted by molar-refractivity contribution is 6.07. The van der Waals surface area contributed by atoms with Gasteiger partial charge in [0, 0.05) is 17.1 Å². The van der Waals surface area contributed by atoms with E-state index in [0.29, 0.717) is 28.1 Å². The van der Waals surface area contributed by atoms with Crippen LogP contribution in [0.5, 0.6) is 11.5 Å². The van der Waals surface area contributed by atoms with Crippen molar-refractivity contribution in [1.29, 1.82) is 0 Å². The van der Waals surface area contributed by atoms with Crippen LogP contribution in [0.15, 0.2) is 48.5 Å². The molecule has 0 atom stereocenters. The van der Waals surface area contributed by atoms with E-state index in [1.807, 2.05) is 6.07 Å². The van der Waals surface area contributed by atoms with E-state index < -0.39 is 11.9 Å². The second kappa shape index (κ2) is 6.81. The third-order valence-electron chi connectivity index (χ3n) is 3.95. The quantitative estimate of drug-likeness (QED) is 0.320. The zero-order valence-electron chi connectivity index (χ0n) is 14.0. The van der Waals surface area contributed by atoms with Crippen molar-refractivity contribution in [2.24, 2.45) is 5.84 Å². The van der Waals surface area contributed by atoms with Crippen molar-refractivity contribution >= 4 is 34.3 Å². The highest BCUT2D eigenvalue weighted by Crippen LogP contribution is 2.36. The number of amides is 3. The number of carbonyl (C=O) groups excluding carboxylic acids is 2. The number of hydrogen-bond acceptors (Lipinski definition) is 6. The maximum atomic E-state index is 12.3. The van der Waals surface area contributed by atoms with Crippen LogP contribution in [0.2, 0.25) is 0 Å². The summed E-state index contributed by atoms with van der Waals surface area (Å²) in [5.74, 6) is 5.85. The van der Waals surface area contributed by atoms with E-state index in [0.717, 1.165) is 0 Å². The van der Waals surface area contributed by atoms with Crippen LogP contribution < -0.4 is 31.4 Å². The van der Waals surface area contributed by atoms with Gasteiger partial charge in [-0.3, -0.25) is 15.5 Å². The number of carbonyl (C=O) groups is 2. The van der Waals surface area contributed by atoms with Gasteiger partial charge in [0.1, 0.15) is 5.82 Å². The lowest BCUT2D eigenvalue weighted by Gasteiger charge is -2.12. The number of anilines is 2. The zero-order chi connectivity index (χ0) is 18.8. The Labute approximate surface area is 153 Å². The minimum absolute atomic E-state index is 0.0674. The molecule has 27 heavy (non-hydrogen) atoms. The lowest BCUT2D eigenvalue weighted by atomic mass is 10.1. The first-order valence-electron chi connectivity index (χ1n) is 8.02. The Bertz CT molecular complexity index is 1040. The first-order valence-corrected chi connectivity index (χ1v) is 8.02. The van der Waals surface area contributed by atoms with Crippen LogP contribution in [-0.2, 0) is 0 Å². The van der Waals surface area contributed by atoms with Crippen molar-refractivity contribution in [3.05, 3.63) is 54.1 Å². The number of pyridine rings is 1. The summed E-state index contributed by atoms with van der Waals surface area (Å²) in [5, 5.41) is 5.90. The first-order chi connectivity index (χ1) is 13.1. The van der Waals surface area contributed by atoms with E-state index in [1.54, 1.807) is 42.5 Å². The lowest BCUT2D eigenvalue weighted by molar-refractivity contribution is 0.0954. The zero-order valence-corrected chi connectivity index (χ0v) is 14.0. The second-order valence-corrected chi connectivity index (χ2v) is 5.70. The summed E-state index contributed by atoms with van der Waals surface area (Å²) in [6.07, 6.45) is 0. The van der Waals surface area contributed by atoms with E-state index in [9.17, 15) is 9.59 Å². The van der Waals surface area contributed by atoms with Gasteiger partial charge in [0.2, 0.25) is 6.79 Å². The van der Waals surface area contributed by atoms with Gasteiger partial charge in [-0.1, -0.05) is 18.2 Å². The fourth-order valence-electron chi connectivity index (χ4n) is 2.70. The molecule has 0 spiro atoms. The molecule has 5 N–H and O–H groups in total. The van der Waals surface area contributed by atoms with Gasteiger partial charge in [0.05, 0.1) is 11.1 Å². The summed E-state index contributed by atoms with van der Waals surface area (Å²) in [4.78, 5) is 28.8. The van der Waals surface area contributed by atoms with Crippen LogP contribution in [0.1, 0.15) is 10.4 Å². The van der Waals surface area contributed by atoms with E-state index in [1.165, 1.54) is 0 Å². The molecule has 2 aromatic carbocycles. The number of nitrogens with two attached hydrogens (primary N) is 1. The minimum Gasteiger partial charge on any atom is -0.454 e. The average molecular weight is 365 g/mol. The van der Waals surface area contributed by atoms with Crippen molar-refractivity contribution in [2.75, 3.05) is 17.4 Å². The van der Waals surface area contributed by atoms with E-state index in [2.05, 4.69) is 21.0 Å². The van der Waals surface area contributed by atoms with Crippen molar-refractivity contribution < 1.29 is 19.1 Å². The van der Waals surface area contributed by atoms with E-state index in [-0.39, 0.29) is 18.2 Å². The smallest absolute Gasteiger partial charge is 0.324 e. The summed E-state index contributed by atoms with van der Waals surface area (Å²) < 4.78 is 10.7. The fourth-order valence-corrected chi connectivity index (χ4v) is 2.70. The third kappa shape index (κ3) is 3.31. The Hall–Kier alpha value is -3.85. The number of ether oxygens (including phenoxy) is 2. The van der Waals surface area contributed by atoms with Crippen LogP contribution >= 0.6 is 0 Å². The molecule has 9 nitrogen and oxygen atoms in total. The van der Waals surface area contributed by atoms with Crippen LogP contribution in [0.3, 0.4) is 0 Å². The molecular weight excluding hydrogens is 350 g/mol. The number of benzene rings is 2. The van der Waals surface area contributed by atoms with Crippen LogP contribution in [-0.4, -0.2) is 23.7 Å². The first kappa shape index (κ1) is 16.6. The molecule has 0 unspecified atom stereocenters. The van der Waals surface area contributed by atoms with Crippen LogP contribution in [0.25, 0.3) is 10.9 Å². The van der Waals surface area contributed by atoms with Crippen molar-refractivity contribution in [3.8, 4) is 11.5 Å². The molecule has 0 fully saturated rings. The van der Waals surface area contributed by atoms with Gasteiger partial charge in [0.15, 0.2) is 11.5 Å². The van der Waals surface area contributed by atoms with Gasteiger partial charge in [-0.25, -0.2) is 15.6 Å². The summed E-state index contributed by atoms with van der Waals surface area (Å²) >= 11 is 0. The van der Waals surface area contributed by atoms with Gasteiger partial charge in [-0.2, -0.15) is 0 Å². The normalized spacial score (nSPS) is 11.9. The Morgan fingerprint density at radius 1 is 1.00 bits per heavy atom. The van der Waals surface area contributed by atoms with Gasteiger partial charge in [-0.05, 0) is 24.3 Å². The van der Waals surface area contributed by atoms with Gasteiger partial charge >= 0.3 is 6.03 Å². The highest BCUT2D eigenvalue weighted by atomic mass is 16.7. The number of nitrogens with one attached hydrogen (secondary N) is 3. The fraction of sp³-hybridized carbons (Fsp3) is 0.0556. The van der Waals surface area contributed by atoms with Gasteiger partial charge < -0.3 is 14.8 Å². The molecule has 0 radical (unpaired) electrons. The number of para-hydroxylation sites is 1. The van der Waals surface area contributed by atoms with Gasteiger partial charge in [-0.15, -0.1) is 0 Å². The molecule has 4 rings (SSSR count). The topological polar surface area (TPSA) is 128 Å². The monoisotopic (exact) mass is 365 g/mol. The molecule has 1 aromatic heterocycles. The number of hydrogen-bond donors (Lipinski definition) is 4.